The van der Waals surface area contributed by atoms with Gasteiger partial charge in [0, 0.05) is 35.0 Å². The number of aryl methyl sites for hydroxylation is 1. The molecule has 3 aromatic rings. The highest BCUT2D eigenvalue weighted by Crippen LogP contribution is 2.72. The molecule has 2 aliphatic carbocycles. The van der Waals surface area contributed by atoms with Crippen molar-refractivity contribution >= 4 is 10.9 Å². The van der Waals surface area contributed by atoms with Crippen LogP contribution in [-0.2, 0) is 25.3 Å². The summed E-state index contributed by atoms with van der Waals surface area (Å²) in [7, 11) is 6.31. The first-order chi connectivity index (χ1) is 14.5. The molecule has 0 N–H and O–H groups in total. The monoisotopic (exact) mass is 400 g/mol. The minimum Gasteiger partial charge on any atom is -0.493 e. The Morgan fingerprint density at radius 1 is 1.13 bits per heavy atom. The quantitative estimate of drug-likeness (QED) is 0.606. The normalized spacial score (nSPS) is 33.2. The molecule has 30 heavy (non-hydrogen) atoms. The fourth-order valence-electron chi connectivity index (χ4n) is 7.84. The van der Waals surface area contributed by atoms with Crippen molar-refractivity contribution in [3.63, 3.8) is 0 Å². The number of piperidine rings is 1. The molecule has 4 unspecified atom stereocenters. The molecule has 1 saturated heterocycles. The number of hydrogen-bond acceptors (Lipinski definition) is 3. The van der Waals surface area contributed by atoms with Crippen molar-refractivity contribution in [1.82, 2.24) is 9.47 Å². The van der Waals surface area contributed by atoms with Gasteiger partial charge in [0.25, 0.3) is 0 Å². The van der Waals surface area contributed by atoms with Crippen LogP contribution in [-0.4, -0.2) is 36.2 Å². The number of aromatic nitrogens is 1. The van der Waals surface area contributed by atoms with Crippen LogP contribution in [0.4, 0.5) is 0 Å². The van der Waals surface area contributed by atoms with Gasteiger partial charge in [0.05, 0.1) is 18.2 Å². The van der Waals surface area contributed by atoms with Crippen molar-refractivity contribution in [1.29, 1.82) is 0 Å². The van der Waals surface area contributed by atoms with E-state index in [2.05, 4.69) is 66.9 Å². The van der Waals surface area contributed by atoms with Gasteiger partial charge in [0.15, 0.2) is 11.5 Å². The Kier molecular flexibility index (Phi) is 3.01. The Morgan fingerprint density at radius 2 is 1.97 bits per heavy atom. The Labute approximate surface area is 177 Å². The molecule has 7 rings (SSSR count). The van der Waals surface area contributed by atoms with E-state index in [4.69, 9.17) is 9.47 Å². The molecule has 0 saturated carbocycles. The fourth-order valence-corrected chi connectivity index (χ4v) is 7.84. The van der Waals surface area contributed by atoms with E-state index in [1.54, 1.807) is 7.11 Å². The molecule has 4 nitrogen and oxygen atoms in total. The van der Waals surface area contributed by atoms with E-state index in [1.807, 2.05) is 0 Å². The number of rotatable bonds is 1. The molecule has 1 aromatic heterocycles. The van der Waals surface area contributed by atoms with Gasteiger partial charge < -0.3 is 18.9 Å². The third-order valence-electron chi connectivity index (χ3n) is 9.17. The number of hydrogen-bond donors (Lipinski definition) is 0. The Bertz CT molecular complexity index is 1240. The number of para-hydroxylation sites is 1. The predicted molar refractivity (Wildman–Crippen MR) is 118 cm³/mol. The zero-order chi connectivity index (χ0) is 20.4. The van der Waals surface area contributed by atoms with Crippen molar-refractivity contribution in [2.75, 3.05) is 20.7 Å². The molecular weight excluding hydrogens is 372 g/mol. The number of ether oxygens (including phenoxy) is 2. The van der Waals surface area contributed by atoms with Crippen LogP contribution in [0.15, 0.2) is 36.4 Å². The Morgan fingerprint density at radius 3 is 2.80 bits per heavy atom. The van der Waals surface area contributed by atoms with E-state index in [9.17, 15) is 0 Å². The van der Waals surface area contributed by atoms with Gasteiger partial charge in [-0.15, -0.1) is 0 Å². The molecule has 4 aliphatic rings. The van der Waals surface area contributed by atoms with Gasteiger partial charge in [-0.25, -0.2) is 0 Å². The lowest BCUT2D eigenvalue weighted by atomic mass is 9.44. The minimum atomic E-state index is 0.0107. The third-order valence-corrected chi connectivity index (χ3v) is 9.17. The summed E-state index contributed by atoms with van der Waals surface area (Å²) in [6, 6.07) is 13.8. The number of fused-ring (bicyclic) bond motifs is 4. The van der Waals surface area contributed by atoms with Crippen molar-refractivity contribution in [3.8, 4) is 11.5 Å². The second kappa shape index (κ2) is 5.23. The lowest BCUT2D eigenvalue weighted by Gasteiger charge is -2.64. The van der Waals surface area contributed by atoms with Crippen molar-refractivity contribution in [3.05, 3.63) is 58.8 Å². The van der Waals surface area contributed by atoms with E-state index in [0.29, 0.717) is 6.04 Å². The van der Waals surface area contributed by atoms with E-state index in [0.717, 1.165) is 37.3 Å². The van der Waals surface area contributed by atoms with E-state index in [1.165, 1.54) is 33.3 Å². The summed E-state index contributed by atoms with van der Waals surface area (Å²) in [5, 5.41) is 1.39. The van der Waals surface area contributed by atoms with Gasteiger partial charge in [-0.2, -0.15) is 0 Å². The molecule has 2 aromatic carbocycles. The highest BCUT2D eigenvalue weighted by molar-refractivity contribution is 5.87. The average molecular weight is 401 g/mol. The summed E-state index contributed by atoms with van der Waals surface area (Å²) < 4.78 is 15.2. The van der Waals surface area contributed by atoms with E-state index in [-0.39, 0.29) is 16.9 Å². The maximum Gasteiger partial charge on any atom is 0.166 e. The zero-order valence-electron chi connectivity index (χ0n) is 18.2. The van der Waals surface area contributed by atoms with Gasteiger partial charge in [-0.05, 0) is 56.1 Å². The molecule has 1 fully saturated rings. The number of nitrogens with zero attached hydrogens (tertiary/aromatic N) is 2. The summed E-state index contributed by atoms with van der Waals surface area (Å²) in [4.78, 5) is 2.61. The van der Waals surface area contributed by atoms with E-state index >= 15 is 0 Å². The van der Waals surface area contributed by atoms with Gasteiger partial charge in [-0.1, -0.05) is 31.2 Å². The predicted octanol–water partition coefficient (Wildman–Crippen LogP) is 4.38. The molecular formula is C26H28N2O2. The van der Waals surface area contributed by atoms with Crippen LogP contribution in [0.1, 0.15) is 41.8 Å². The first-order valence-corrected chi connectivity index (χ1v) is 11.1. The summed E-state index contributed by atoms with van der Waals surface area (Å²) in [5.74, 6) is 1.89. The maximum atomic E-state index is 6.97. The SMILES string of the molecule is COc1ccc2c3c1OC1c4c(c5ccccc5n4C)CC4(C)C(C2)N(C)CCC314. The highest BCUT2D eigenvalue weighted by atomic mass is 16.5. The van der Waals surface area contributed by atoms with Crippen molar-refractivity contribution < 1.29 is 9.47 Å². The second-order valence-electron chi connectivity index (χ2n) is 10.1. The van der Waals surface area contributed by atoms with Gasteiger partial charge in [-0.3, -0.25) is 0 Å². The third kappa shape index (κ3) is 1.62. The number of benzene rings is 2. The molecule has 0 radical (unpaired) electrons. The lowest BCUT2D eigenvalue weighted by Crippen LogP contribution is -2.68. The minimum absolute atomic E-state index is 0.0107. The fraction of sp³-hybridized carbons (Fsp3) is 0.462. The van der Waals surface area contributed by atoms with Crippen molar-refractivity contribution in [2.45, 2.75) is 43.7 Å². The summed E-state index contributed by atoms with van der Waals surface area (Å²) in [6.07, 6.45) is 3.38. The van der Waals surface area contributed by atoms with Crippen LogP contribution >= 0.6 is 0 Å². The molecule has 3 heterocycles. The van der Waals surface area contributed by atoms with Crippen molar-refractivity contribution in [2.24, 2.45) is 12.5 Å². The maximum absolute atomic E-state index is 6.97. The molecule has 1 spiro atoms. The number of likely N-dealkylation sites (tertiary alicyclic amines) is 1. The Balaban J connectivity index is 1.62. The second-order valence-corrected chi connectivity index (χ2v) is 10.1. The smallest absolute Gasteiger partial charge is 0.166 e. The largest absolute Gasteiger partial charge is 0.493 e. The van der Waals surface area contributed by atoms with Crippen LogP contribution in [0.3, 0.4) is 0 Å². The van der Waals surface area contributed by atoms with Gasteiger partial charge in [0.2, 0.25) is 0 Å². The molecule has 4 atom stereocenters. The average Bonchev–Trinajstić information content (AvgIpc) is 3.23. The molecule has 2 aliphatic heterocycles. The van der Waals surface area contributed by atoms with Crippen LogP contribution in [0.2, 0.25) is 0 Å². The van der Waals surface area contributed by atoms with Gasteiger partial charge in [0.1, 0.15) is 6.10 Å². The standard InChI is InChI=1S/C26H28N2O2/c1-25-14-17-16-7-5-6-8-18(16)28(3)22(17)24-26(25)11-12-27(2)20(25)13-15-9-10-19(29-4)23(30-24)21(15)26/h5-10,20,24H,11-14H2,1-4H3. The molecule has 154 valence electrons. The number of methoxy groups -OCH3 is 1. The van der Waals surface area contributed by atoms with Gasteiger partial charge >= 0.3 is 0 Å². The summed E-state index contributed by atoms with van der Waals surface area (Å²) >= 11 is 0. The van der Waals surface area contributed by atoms with Crippen LogP contribution < -0.4 is 9.47 Å². The first-order valence-electron chi connectivity index (χ1n) is 11.1. The summed E-state index contributed by atoms with van der Waals surface area (Å²) in [6.45, 7) is 3.67. The topological polar surface area (TPSA) is 26.6 Å². The van der Waals surface area contributed by atoms with E-state index < -0.39 is 0 Å². The van der Waals surface area contributed by atoms with Crippen LogP contribution in [0, 0.1) is 5.41 Å². The molecule has 2 bridgehead atoms. The Hall–Kier alpha value is -2.46. The van der Waals surface area contributed by atoms with Crippen LogP contribution in [0.5, 0.6) is 11.5 Å². The zero-order valence-corrected chi connectivity index (χ0v) is 18.2. The summed E-state index contributed by atoms with van der Waals surface area (Å²) in [5.41, 5.74) is 7.24. The molecule has 4 heteroatoms. The van der Waals surface area contributed by atoms with Crippen LogP contribution in [0.25, 0.3) is 10.9 Å². The number of likely N-dealkylation sites (N-methyl/N-ethyl adjacent to an activating group) is 1. The highest BCUT2D eigenvalue weighted by Gasteiger charge is 2.70. The lowest BCUT2D eigenvalue weighted by molar-refractivity contribution is -0.0912. The molecule has 0 amide bonds. The first kappa shape index (κ1) is 17.2.